The van der Waals surface area contributed by atoms with Gasteiger partial charge in [0.05, 0.1) is 12.8 Å². The highest BCUT2D eigenvalue weighted by molar-refractivity contribution is 5.97. The molecule has 0 aliphatic carbocycles. The van der Waals surface area contributed by atoms with Crippen LogP contribution in [-0.2, 0) is 17.6 Å². The largest absolute Gasteiger partial charge is 0.465 e. The van der Waals surface area contributed by atoms with Gasteiger partial charge >= 0.3 is 5.97 Å². The van der Waals surface area contributed by atoms with Gasteiger partial charge in [-0.3, -0.25) is 5.10 Å². The van der Waals surface area contributed by atoms with E-state index in [0.29, 0.717) is 11.2 Å². The van der Waals surface area contributed by atoms with Gasteiger partial charge in [0.25, 0.3) is 0 Å². The zero-order valence-electron chi connectivity index (χ0n) is 9.57. The van der Waals surface area contributed by atoms with Gasteiger partial charge in [0.15, 0.2) is 11.5 Å². The van der Waals surface area contributed by atoms with Crippen LogP contribution in [0.5, 0.6) is 0 Å². The monoisotopic (exact) mass is 222 g/mol. The number of H-pyrrole nitrogens is 1. The summed E-state index contributed by atoms with van der Waals surface area (Å²) in [6.45, 7) is 3.96. The Labute approximate surface area is 92.6 Å². The molecule has 6 nitrogen and oxygen atoms in total. The molecule has 2 heterocycles. The van der Waals surface area contributed by atoms with Crippen LogP contribution in [0, 0.1) is 0 Å². The molecule has 0 aliphatic rings. The molecule has 0 amide bonds. The molecule has 0 saturated carbocycles. The maximum Gasteiger partial charge on any atom is 0.343 e. The molecule has 2 aromatic heterocycles. The van der Waals surface area contributed by atoms with E-state index in [1.807, 2.05) is 13.8 Å². The molecule has 2 aromatic rings. The molecule has 2 rings (SSSR count). The van der Waals surface area contributed by atoms with Gasteiger partial charge < -0.3 is 4.74 Å². The van der Waals surface area contributed by atoms with Gasteiger partial charge in [-0.15, -0.1) is 10.2 Å². The van der Waals surface area contributed by atoms with E-state index in [1.54, 1.807) is 4.52 Å². The van der Waals surface area contributed by atoms with Crippen molar-refractivity contribution in [2.45, 2.75) is 26.7 Å². The summed E-state index contributed by atoms with van der Waals surface area (Å²) in [6, 6.07) is 0. The van der Waals surface area contributed by atoms with Crippen molar-refractivity contribution in [3.05, 3.63) is 17.1 Å². The van der Waals surface area contributed by atoms with Crippen LogP contribution in [0.2, 0.25) is 0 Å². The number of rotatable bonds is 3. The summed E-state index contributed by atoms with van der Waals surface area (Å²) >= 11 is 0. The standard InChI is InChI=1S/C10H14N4O2/c1-4-6-8(10(15)16-3)9-12-11-7(5-2)14(9)13-6/h13H,4-5H2,1-3H3. The van der Waals surface area contributed by atoms with E-state index in [9.17, 15) is 4.79 Å². The van der Waals surface area contributed by atoms with Gasteiger partial charge in [-0.2, -0.15) is 0 Å². The van der Waals surface area contributed by atoms with Crippen molar-refractivity contribution >= 4 is 11.6 Å². The van der Waals surface area contributed by atoms with Crippen molar-refractivity contribution in [3.8, 4) is 0 Å². The van der Waals surface area contributed by atoms with E-state index < -0.39 is 0 Å². The molecule has 0 bridgehead atoms. The van der Waals surface area contributed by atoms with Crippen molar-refractivity contribution in [1.29, 1.82) is 0 Å². The highest BCUT2D eigenvalue weighted by Crippen LogP contribution is 2.17. The number of nitrogens with zero attached hydrogens (tertiary/aromatic N) is 3. The fraction of sp³-hybridized carbons (Fsp3) is 0.500. The summed E-state index contributed by atoms with van der Waals surface area (Å²) in [7, 11) is 1.36. The van der Waals surface area contributed by atoms with Crippen molar-refractivity contribution < 1.29 is 9.53 Å². The predicted molar refractivity (Wildman–Crippen MR) is 57.4 cm³/mol. The number of aryl methyl sites for hydroxylation is 2. The summed E-state index contributed by atoms with van der Waals surface area (Å²) in [5.41, 5.74) is 1.85. The number of hydrogen-bond acceptors (Lipinski definition) is 4. The van der Waals surface area contributed by atoms with Crippen molar-refractivity contribution in [2.75, 3.05) is 7.11 Å². The number of methoxy groups -OCH3 is 1. The summed E-state index contributed by atoms with van der Waals surface area (Å²) < 4.78 is 6.49. The summed E-state index contributed by atoms with van der Waals surface area (Å²) in [5.74, 6) is 0.429. The minimum absolute atomic E-state index is 0.377. The van der Waals surface area contributed by atoms with Crippen LogP contribution in [0.3, 0.4) is 0 Å². The van der Waals surface area contributed by atoms with Gasteiger partial charge in [0.1, 0.15) is 5.56 Å². The molecule has 0 unspecified atom stereocenters. The maximum absolute atomic E-state index is 11.6. The lowest BCUT2D eigenvalue weighted by molar-refractivity contribution is 0.0601. The summed E-state index contributed by atoms with van der Waals surface area (Å²) in [4.78, 5) is 11.6. The normalized spacial score (nSPS) is 10.9. The van der Waals surface area contributed by atoms with E-state index in [1.165, 1.54) is 7.11 Å². The first kappa shape index (κ1) is 10.7. The molecule has 16 heavy (non-hydrogen) atoms. The maximum atomic E-state index is 11.6. The molecule has 1 N–H and O–H groups in total. The first-order valence-corrected chi connectivity index (χ1v) is 5.26. The topological polar surface area (TPSA) is 72.3 Å². The fourth-order valence-corrected chi connectivity index (χ4v) is 1.72. The third-order valence-electron chi connectivity index (χ3n) is 2.56. The lowest BCUT2D eigenvalue weighted by Gasteiger charge is -1.97. The first-order chi connectivity index (χ1) is 7.72. The van der Waals surface area contributed by atoms with Gasteiger partial charge in [-0.05, 0) is 6.42 Å². The highest BCUT2D eigenvalue weighted by Gasteiger charge is 2.21. The number of carbonyl (C=O) groups excluding carboxylic acids is 1. The van der Waals surface area contributed by atoms with Crippen molar-refractivity contribution in [1.82, 2.24) is 19.8 Å². The van der Waals surface area contributed by atoms with Crippen LogP contribution in [0.25, 0.3) is 5.65 Å². The smallest absolute Gasteiger partial charge is 0.343 e. The minimum Gasteiger partial charge on any atom is -0.465 e. The number of esters is 1. The number of ether oxygens (including phenoxy) is 1. The lowest BCUT2D eigenvalue weighted by Crippen LogP contribution is -2.04. The average Bonchev–Trinajstić information content (AvgIpc) is 2.85. The minimum atomic E-state index is -0.377. The van der Waals surface area contributed by atoms with Gasteiger partial charge in [-0.25, -0.2) is 9.31 Å². The molecule has 0 atom stereocenters. The Hall–Kier alpha value is -1.85. The van der Waals surface area contributed by atoms with E-state index in [-0.39, 0.29) is 5.97 Å². The molecule has 0 spiro atoms. The second-order valence-electron chi connectivity index (χ2n) is 3.44. The molecule has 0 aromatic carbocycles. The highest BCUT2D eigenvalue weighted by atomic mass is 16.5. The predicted octanol–water partition coefficient (Wildman–Crippen LogP) is 0.969. The Morgan fingerprint density at radius 1 is 1.38 bits per heavy atom. The van der Waals surface area contributed by atoms with Crippen LogP contribution >= 0.6 is 0 Å². The first-order valence-electron chi connectivity index (χ1n) is 5.26. The van der Waals surface area contributed by atoms with E-state index in [2.05, 4.69) is 15.3 Å². The Balaban J connectivity index is 2.68. The molecule has 0 fully saturated rings. The third kappa shape index (κ3) is 1.37. The molecular weight excluding hydrogens is 208 g/mol. The van der Waals surface area contributed by atoms with Crippen molar-refractivity contribution in [2.24, 2.45) is 0 Å². The number of aromatic nitrogens is 4. The molecular formula is C10H14N4O2. The quantitative estimate of drug-likeness (QED) is 0.785. The molecule has 0 saturated heterocycles. The molecule has 86 valence electrons. The van der Waals surface area contributed by atoms with Crippen LogP contribution in [-0.4, -0.2) is 32.9 Å². The van der Waals surface area contributed by atoms with Crippen LogP contribution in [0.15, 0.2) is 0 Å². The molecule has 0 aliphatic heterocycles. The van der Waals surface area contributed by atoms with Crippen LogP contribution in [0.1, 0.15) is 35.7 Å². The Bertz CT molecular complexity index is 526. The number of fused-ring (bicyclic) bond motifs is 1. The van der Waals surface area contributed by atoms with Crippen LogP contribution in [0.4, 0.5) is 0 Å². The van der Waals surface area contributed by atoms with Gasteiger partial charge in [-0.1, -0.05) is 13.8 Å². The SMILES string of the molecule is CCc1[nH]n2c(CC)nnc2c1C(=O)OC. The van der Waals surface area contributed by atoms with E-state index in [0.717, 1.165) is 24.4 Å². The molecule has 6 heteroatoms. The fourth-order valence-electron chi connectivity index (χ4n) is 1.72. The number of carbonyl (C=O) groups is 1. The number of aromatic amines is 1. The van der Waals surface area contributed by atoms with Gasteiger partial charge in [0.2, 0.25) is 0 Å². The zero-order chi connectivity index (χ0) is 11.7. The van der Waals surface area contributed by atoms with Gasteiger partial charge in [0, 0.05) is 6.42 Å². The summed E-state index contributed by atoms with van der Waals surface area (Å²) in [5, 5.41) is 11.1. The second-order valence-corrected chi connectivity index (χ2v) is 3.44. The van der Waals surface area contributed by atoms with E-state index >= 15 is 0 Å². The van der Waals surface area contributed by atoms with E-state index in [4.69, 9.17) is 4.74 Å². The molecule has 0 radical (unpaired) electrons. The lowest BCUT2D eigenvalue weighted by atomic mass is 10.2. The Kier molecular flexibility index (Phi) is 2.64. The second kappa shape index (κ2) is 3.96. The number of hydrogen-bond donors (Lipinski definition) is 1. The third-order valence-corrected chi connectivity index (χ3v) is 2.56. The van der Waals surface area contributed by atoms with Crippen molar-refractivity contribution in [3.63, 3.8) is 0 Å². The van der Waals surface area contributed by atoms with Crippen LogP contribution < -0.4 is 0 Å². The average molecular weight is 222 g/mol. The zero-order valence-corrected chi connectivity index (χ0v) is 9.57. The Morgan fingerprint density at radius 2 is 2.12 bits per heavy atom. The Morgan fingerprint density at radius 3 is 2.69 bits per heavy atom. The summed E-state index contributed by atoms with van der Waals surface area (Å²) in [6.07, 6.45) is 1.47. The number of nitrogens with one attached hydrogen (secondary N) is 1.